The number of anilines is 1. The molecule has 0 aliphatic carbocycles. The van der Waals surface area contributed by atoms with E-state index in [1.807, 2.05) is 17.5 Å². The van der Waals surface area contributed by atoms with Crippen molar-refractivity contribution in [2.75, 3.05) is 5.32 Å². The molecule has 0 aromatic carbocycles. The zero-order valence-corrected chi connectivity index (χ0v) is 8.22. The minimum atomic E-state index is -0.313. The summed E-state index contributed by atoms with van der Waals surface area (Å²) in [7, 11) is 0. The predicted octanol–water partition coefficient (Wildman–Crippen LogP) is 2.89. The summed E-state index contributed by atoms with van der Waals surface area (Å²) in [6.07, 6.45) is 1.21. The van der Waals surface area contributed by atoms with Crippen LogP contribution in [0.2, 0.25) is 0 Å². The number of rotatable bonds is 3. The van der Waals surface area contributed by atoms with Crippen molar-refractivity contribution in [2.24, 2.45) is 0 Å². The van der Waals surface area contributed by atoms with Crippen LogP contribution < -0.4 is 5.32 Å². The first-order valence-corrected chi connectivity index (χ1v) is 5.10. The van der Waals surface area contributed by atoms with Gasteiger partial charge in [0, 0.05) is 4.88 Å². The number of nitrogens with zero attached hydrogens (tertiary/aromatic N) is 1. The molecule has 2 aromatic heterocycles. The third-order valence-corrected chi connectivity index (χ3v) is 2.63. The number of pyridine rings is 1. The lowest BCUT2D eigenvalue weighted by molar-refractivity contribution is 0.621. The van der Waals surface area contributed by atoms with Gasteiger partial charge < -0.3 is 5.32 Å². The summed E-state index contributed by atoms with van der Waals surface area (Å²) < 4.78 is 12.5. The predicted molar refractivity (Wildman–Crippen MR) is 55.8 cm³/mol. The van der Waals surface area contributed by atoms with Crippen molar-refractivity contribution in [3.05, 3.63) is 46.5 Å². The summed E-state index contributed by atoms with van der Waals surface area (Å²) in [6.45, 7) is 0.732. The molecule has 0 aliphatic rings. The highest BCUT2D eigenvalue weighted by Crippen LogP contribution is 2.11. The highest BCUT2D eigenvalue weighted by molar-refractivity contribution is 7.09. The van der Waals surface area contributed by atoms with Gasteiger partial charge in [-0.1, -0.05) is 6.07 Å². The molecule has 72 valence electrons. The van der Waals surface area contributed by atoms with Crippen molar-refractivity contribution in [3.8, 4) is 0 Å². The molecule has 1 N–H and O–H groups in total. The van der Waals surface area contributed by atoms with Crippen molar-refractivity contribution >= 4 is 17.2 Å². The zero-order chi connectivity index (χ0) is 9.80. The van der Waals surface area contributed by atoms with Crippen LogP contribution in [0.15, 0.2) is 35.8 Å². The largest absolute Gasteiger partial charge is 0.365 e. The smallest absolute Gasteiger partial charge is 0.141 e. The van der Waals surface area contributed by atoms with Crippen molar-refractivity contribution in [1.29, 1.82) is 0 Å². The molecule has 0 spiro atoms. The van der Waals surface area contributed by atoms with E-state index in [2.05, 4.69) is 10.3 Å². The Kier molecular flexibility index (Phi) is 2.74. The van der Waals surface area contributed by atoms with E-state index in [9.17, 15) is 4.39 Å². The van der Waals surface area contributed by atoms with Gasteiger partial charge in [0.25, 0.3) is 0 Å². The molecule has 2 rings (SSSR count). The molecule has 0 unspecified atom stereocenters. The normalized spacial score (nSPS) is 10.1. The molecule has 0 fully saturated rings. The van der Waals surface area contributed by atoms with Crippen molar-refractivity contribution in [1.82, 2.24) is 4.98 Å². The minimum absolute atomic E-state index is 0.313. The maximum atomic E-state index is 12.5. The number of hydrogen-bond donors (Lipinski definition) is 1. The topological polar surface area (TPSA) is 24.9 Å². The van der Waals surface area contributed by atoms with E-state index in [1.54, 1.807) is 17.4 Å². The third kappa shape index (κ3) is 2.29. The van der Waals surface area contributed by atoms with Gasteiger partial charge in [-0.2, -0.15) is 0 Å². The molecule has 2 heterocycles. The lowest BCUT2D eigenvalue weighted by Crippen LogP contribution is -1.99. The fourth-order valence-electron chi connectivity index (χ4n) is 1.07. The van der Waals surface area contributed by atoms with Crippen molar-refractivity contribution < 1.29 is 4.39 Å². The number of hydrogen-bond acceptors (Lipinski definition) is 3. The summed E-state index contributed by atoms with van der Waals surface area (Å²) >= 11 is 1.68. The summed E-state index contributed by atoms with van der Waals surface area (Å²) in [6, 6.07) is 7.06. The van der Waals surface area contributed by atoms with Gasteiger partial charge in [0.1, 0.15) is 11.6 Å². The number of halogens is 1. The Morgan fingerprint density at radius 2 is 2.29 bits per heavy atom. The van der Waals surface area contributed by atoms with Gasteiger partial charge in [0.05, 0.1) is 12.7 Å². The number of nitrogens with one attached hydrogen (secondary N) is 1. The van der Waals surface area contributed by atoms with Crippen LogP contribution in [0.3, 0.4) is 0 Å². The fourth-order valence-corrected chi connectivity index (χ4v) is 1.72. The fraction of sp³-hybridized carbons (Fsp3) is 0.100. The first-order valence-electron chi connectivity index (χ1n) is 4.22. The van der Waals surface area contributed by atoms with Gasteiger partial charge >= 0.3 is 0 Å². The first-order chi connectivity index (χ1) is 6.84. The molecular formula is C10H9FN2S. The van der Waals surface area contributed by atoms with Crippen LogP contribution in [0.1, 0.15) is 4.88 Å². The Hall–Kier alpha value is -1.42. The molecule has 0 bridgehead atoms. The van der Waals surface area contributed by atoms with Gasteiger partial charge in [0.2, 0.25) is 0 Å². The molecular weight excluding hydrogens is 199 g/mol. The van der Waals surface area contributed by atoms with E-state index in [-0.39, 0.29) is 5.82 Å². The highest BCUT2D eigenvalue weighted by atomic mass is 32.1. The summed E-state index contributed by atoms with van der Waals surface area (Å²) in [5.74, 6) is 0.381. The Labute approximate surface area is 85.4 Å². The van der Waals surface area contributed by atoms with Crippen LogP contribution in [0.5, 0.6) is 0 Å². The van der Waals surface area contributed by atoms with Gasteiger partial charge in [-0.05, 0) is 23.6 Å². The molecule has 2 aromatic rings. The second-order valence-corrected chi connectivity index (χ2v) is 3.83. The summed E-state index contributed by atoms with van der Waals surface area (Å²) in [5, 5.41) is 5.13. The maximum absolute atomic E-state index is 12.5. The van der Waals surface area contributed by atoms with E-state index in [4.69, 9.17) is 0 Å². The monoisotopic (exact) mass is 208 g/mol. The SMILES string of the molecule is Fc1ccc(NCc2cccs2)nc1. The van der Waals surface area contributed by atoms with E-state index >= 15 is 0 Å². The van der Waals surface area contributed by atoms with E-state index in [0.717, 1.165) is 6.54 Å². The number of aromatic nitrogens is 1. The van der Waals surface area contributed by atoms with Gasteiger partial charge in [-0.15, -0.1) is 11.3 Å². The third-order valence-electron chi connectivity index (χ3n) is 1.75. The van der Waals surface area contributed by atoms with Crippen molar-refractivity contribution in [2.45, 2.75) is 6.54 Å². The van der Waals surface area contributed by atoms with Crippen LogP contribution in [0.25, 0.3) is 0 Å². The van der Waals surface area contributed by atoms with E-state index in [0.29, 0.717) is 5.82 Å². The first kappa shape index (κ1) is 9.15. The zero-order valence-electron chi connectivity index (χ0n) is 7.40. The van der Waals surface area contributed by atoms with Crippen molar-refractivity contribution in [3.63, 3.8) is 0 Å². The quantitative estimate of drug-likeness (QED) is 0.838. The standard InChI is InChI=1S/C10H9FN2S/c11-8-3-4-10(12-6-8)13-7-9-2-1-5-14-9/h1-6H,7H2,(H,12,13). The van der Waals surface area contributed by atoms with Crippen LogP contribution in [-0.4, -0.2) is 4.98 Å². The molecule has 0 saturated carbocycles. The molecule has 4 heteroatoms. The summed E-state index contributed by atoms with van der Waals surface area (Å²) in [4.78, 5) is 5.13. The average molecular weight is 208 g/mol. The van der Waals surface area contributed by atoms with E-state index < -0.39 is 0 Å². The van der Waals surface area contributed by atoms with Gasteiger partial charge in [0.15, 0.2) is 0 Å². The molecule has 0 amide bonds. The van der Waals surface area contributed by atoms with Crippen LogP contribution in [0.4, 0.5) is 10.2 Å². The molecule has 14 heavy (non-hydrogen) atoms. The molecule has 2 nitrogen and oxygen atoms in total. The van der Waals surface area contributed by atoms with Gasteiger partial charge in [-0.25, -0.2) is 9.37 Å². The van der Waals surface area contributed by atoms with Crippen LogP contribution >= 0.6 is 11.3 Å². The summed E-state index contributed by atoms with van der Waals surface area (Å²) in [5.41, 5.74) is 0. The van der Waals surface area contributed by atoms with Gasteiger partial charge in [-0.3, -0.25) is 0 Å². The minimum Gasteiger partial charge on any atom is -0.365 e. The molecule has 0 atom stereocenters. The molecule has 0 saturated heterocycles. The lowest BCUT2D eigenvalue weighted by Gasteiger charge is -2.02. The lowest BCUT2D eigenvalue weighted by atomic mass is 10.4. The Morgan fingerprint density at radius 3 is 2.93 bits per heavy atom. The molecule has 0 aliphatic heterocycles. The Morgan fingerprint density at radius 1 is 1.36 bits per heavy atom. The Bertz CT molecular complexity index is 383. The second kappa shape index (κ2) is 4.19. The molecule has 0 radical (unpaired) electrons. The highest BCUT2D eigenvalue weighted by Gasteiger charge is 1.95. The second-order valence-electron chi connectivity index (χ2n) is 2.79. The van der Waals surface area contributed by atoms with Crippen LogP contribution in [-0.2, 0) is 6.54 Å². The number of thiophene rings is 1. The Balaban J connectivity index is 1.95. The maximum Gasteiger partial charge on any atom is 0.141 e. The average Bonchev–Trinajstić information content (AvgIpc) is 2.70. The van der Waals surface area contributed by atoms with Crippen LogP contribution in [0, 0.1) is 5.82 Å². The van der Waals surface area contributed by atoms with E-state index in [1.165, 1.54) is 17.1 Å².